The van der Waals surface area contributed by atoms with Gasteiger partial charge in [-0.05, 0) is 12.8 Å². The van der Waals surface area contributed by atoms with E-state index in [4.69, 9.17) is 5.84 Å². The predicted octanol–water partition coefficient (Wildman–Crippen LogP) is 1.34. The second kappa shape index (κ2) is 6.67. The average Bonchev–Trinajstić information content (AvgIpc) is 3.03. The molecule has 6 heteroatoms. The van der Waals surface area contributed by atoms with E-state index in [-0.39, 0.29) is 6.04 Å². The van der Waals surface area contributed by atoms with E-state index in [2.05, 4.69) is 33.9 Å². The van der Waals surface area contributed by atoms with Crippen molar-refractivity contribution in [1.29, 1.82) is 0 Å². The third-order valence-corrected chi connectivity index (χ3v) is 3.50. The predicted molar refractivity (Wildman–Crippen MR) is 78.9 cm³/mol. The van der Waals surface area contributed by atoms with Gasteiger partial charge in [0.1, 0.15) is 5.82 Å². The molecule has 110 valence electrons. The maximum Gasteiger partial charge on any atom is 0.110 e. The van der Waals surface area contributed by atoms with Gasteiger partial charge in [-0.3, -0.25) is 16.0 Å². The van der Waals surface area contributed by atoms with Crippen LogP contribution in [0.3, 0.4) is 0 Å². The average molecular weight is 276 g/mol. The number of imidazole rings is 1. The molecule has 0 aromatic carbocycles. The van der Waals surface area contributed by atoms with E-state index < -0.39 is 0 Å². The van der Waals surface area contributed by atoms with Crippen LogP contribution in [-0.2, 0) is 26.4 Å². The van der Waals surface area contributed by atoms with Gasteiger partial charge in [0.15, 0.2) is 0 Å². The summed E-state index contributed by atoms with van der Waals surface area (Å²) in [4.78, 5) is 4.45. The fraction of sp³-hybridized carbons (Fsp3) is 0.571. The first-order valence-corrected chi connectivity index (χ1v) is 7.18. The van der Waals surface area contributed by atoms with Gasteiger partial charge in [0.05, 0.1) is 11.7 Å². The standard InChI is InChI=1S/C14H24N6/c1-4-7-20-8-6-16-14(20)9-13(17-15)11-10-19(3)18-12(11)5-2/h6,8,10,13,17H,4-5,7,9,15H2,1-3H3. The van der Waals surface area contributed by atoms with Crippen molar-refractivity contribution in [1.82, 2.24) is 24.8 Å². The van der Waals surface area contributed by atoms with Crippen molar-refractivity contribution in [3.8, 4) is 0 Å². The lowest BCUT2D eigenvalue weighted by Gasteiger charge is -2.16. The summed E-state index contributed by atoms with van der Waals surface area (Å²) in [5.41, 5.74) is 5.15. The molecule has 1 unspecified atom stereocenters. The molecule has 2 aromatic heterocycles. The van der Waals surface area contributed by atoms with Gasteiger partial charge < -0.3 is 4.57 Å². The van der Waals surface area contributed by atoms with Crippen molar-refractivity contribution in [2.24, 2.45) is 12.9 Å². The SMILES string of the molecule is CCCn1ccnc1CC(NN)c1cn(C)nc1CC. The van der Waals surface area contributed by atoms with Crippen molar-refractivity contribution in [3.63, 3.8) is 0 Å². The van der Waals surface area contributed by atoms with E-state index in [1.807, 2.05) is 30.3 Å². The second-order valence-electron chi connectivity index (χ2n) is 5.02. The molecule has 0 saturated carbocycles. The highest BCUT2D eigenvalue weighted by Crippen LogP contribution is 2.20. The molecule has 0 spiro atoms. The van der Waals surface area contributed by atoms with Crippen LogP contribution in [0, 0.1) is 0 Å². The summed E-state index contributed by atoms with van der Waals surface area (Å²) in [5.74, 6) is 6.81. The number of nitrogens with two attached hydrogens (primary N) is 1. The lowest BCUT2D eigenvalue weighted by atomic mass is 10.0. The number of hydrazine groups is 1. The van der Waals surface area contributed by atoms with Crippen molar-refractivity contribution in [2.75, 3.05) is 0 Å². The molecule has 3 N–H and O–H groups in total. The first-order chi connectivity index (χ1) is 9.69. The molecule has 2 heterocycles. The van der Waals surface area contributed by atoms with E-state index in [0.717, 1.165) is 42.9 Å². The summed E-state index contributed by atoms with van der Waals surface area (Å²) < 4.78 is 4.03. The molecular weight excluding hydrogens is 252 g/mol. The van der Waals surface area contributed by atoms with E-state index in [1.54, 1.807) is 0 Å². The number of aryl methyl sites for hydroxylation is 3. The van der Waals surface area contributed by atoms with Gasteiger partial charge in [0.25, 0.3) is 0 Å². The Kier molecular flexibility index (Phi) is 4.92. The summed E-state index contributed by atoms with van der Waals surface area (Å²) in [6.45, 7) is 5.26. The minimum absolute atomic E-state index is 0.0386. The Morgan fingerprint density at radius 2 is 2.20 bits per heavy atom. The highest BCUT2D eigenvalue weighted by atomic mass is 15.3. The quantitative estimate of drug-likeness (QED) is 0.591. The molecule has 0 aliphatic rings. The maximum absolute atomic E-state index is 5.75. The molecule has 0 bridgehead atoms. The number of hydrogen-bond donors (Lipinski definition) is 2. The minimum atomic E-state index is 0.0386. The minimum Gasteiger partial charge on any atom is -0.335 e. The van der Waals surface area contributed by atoms with E-state index in [0.29, 0.717) is 0 Å². The fourth-order valence-electron chi connectivity index (χ4n) is 2.53. The highest BCUT2D eigenvalue weighted by Gasteiger charge is 2.19. The van der Waals surface area contributed by atoms with Crippen LogP contribution >= 0.6 is 0 Å². The first-order valence-electron chi connectivity index (χ1n) is 7.18. The van der Waals surface area contributed by atoms with Gasteiger partial charge in [-0.25, -0.2) is 4.98 Å². The normalized spacial score (nSPS) is 12.8. The molecule has 2 rings (SSSR count). The molecule has 0 radical (unpaired) electrons. The Labute approximate surface area is 120 Å². The molecular formula is C14H24N6. The third-order valence-electron chi connectivity index (χ3n) is 3.50. The Morgan fingerprint density at radius 3 is 2.85 bits per heavy atom. The van der Waals surface area contributed by atoms with Gasteiger partial charge in [0, 0.05) is 44.2 Å². The van der Waals surface area contributed by atoms with E-state index in [1.165, 1.54) is 0 Å². The Balaban J connectivity index is 2.22. The molecule has 0 saturated heterocycles. The number of rotatable bonds is 7. The van der Waals surface area contributed by atoms with E-state index >= 15 is 0 Å². The van der Waals surface area contributed by atoms with Gasteiger partial charge in [-0.1, -0.05) is 13.8 Å². The second-order valence-corrected chi connectivity index (χ2v) is 5.02. The van der Waals surface area contributed by atoms with Crippen LogP contribution in [0.2, 0.25) is 0 Å². The summed E-state index contributed by atoms with van der Waals surface area (Å²) >= 11 is 0. The van der Waals surface area contributed by atoms with Crippen molar-refractivity contribution in [3.05, 3.63) is 35.7 Å². The zero-order chi connectivity index (χ0) is 14.5. The van der Waals surface area contributed by atoms with Gasteiger partial charge in [-0.15, -0.1) is 0 Å². The molecule has 0 aliphatic carbocycles. The number of hydrogen-bond acceptors (Lipinski definition) is 4. The zero-order valence-corrected chi connectivity index (χ0v) is 12.5. The first kappa shape index (κ1) is 14.7. The van der Waals surface area contributed by atoms with Crippen LogP contribution in [0.15, 0.2) is 18.6 Å². The summed E-state index contributed by atoms with van der Waals surface area (Å²) in [7, 11) is 1.94. The monoisotopic (exact) mass is 276 g/mol. The smallest absolute Gasteiger partial charge is 0.110 e. The Morgan fingerprint density at radius 1 is 1.40 bits per heavy atom. The molecule has 20 heavy (non-hydrogen) atoms. The van der Waals surface area contributed by atoms with Crippen LogP contribution in [0.1, 0.15) is 43.4 Å². The number of nitrogens with zero attached hydrogens (tertiary/aromatic N) is 4. The van der Waals surface area contributed by atoms with Gasteiger partial charge in [0.2, 0.25) is 0 Å². The maximum atomic E-state index is 5.75. The lowest BCUT2D eigenvalue weighted by molar-refractivity contribution is 0.514. The van der Waals surface area contributed by atoms with E-state index in [9.17, 15) is 0 Å². The molecule has 6 nitrogen and oxygen atoms in total. The van der Waals surface area contributed by atoms with Crippen LogP contribution in [0.4, 0.5) is 0 Å². The van der Waals surface area contributed by atoms with Crippen molar-refractivity contribution in [2.45, 2.75) is 45.7 Å². The van der Waals surface area contributed by atoms with Crippen molar-refractivity contribution < 1.29 is 0 Å². The fourth-order valence-corrected chi connectivity index (χ4v) is 2.53. The summed E-state index contributed by atoms with van der Waals surface area (Å²) in [6.07, 6.45) is 8.67. The molecule has 1 atom stereocenters. The van der Waals surface area contributed by atoms with Crippen molar-refractivity contribution >= 4 is 0 Å². The van der Waals surface area contributed by atoms with Crippen LogP contribution < -0.4 is 11.3 Å². The summed E-state index contributed by atoms with van der Waals surface area (Å²) in [5, 5.41) is 4.48. The highest BCUT2D eigenvalue weighted by molar-refractivity contribution is 5.22. The molecule has 0 amide bonds. The Bertz CT molecular complexity index is 542. The van der Waals surface area contributed by atoms with Crippen LogP contribution in [0.5, 0.6) is 0 Å². The molecule has 0 fully saturated rings. The van der Waals surface area contributed by atoms with Crippen LogP contribution in [-0.4, -0.2) is 19.3 Å². The topological polar surface area (TPSA) is 73.7 Å². The summed E-state index contributed by atoms with van der Waals surface area (Å²) in [6, 6.07) is 0.0386. The molecule has 2 aromatic rings. The Hall–Kier alpha value is -1.66. The van der Waals surface area contributed by atoms with Gasteiger partial charge in [-0.2, -0.15) is 5.10 Å². The lowest BCUT2D eigenvalue weighted by Crippen LogP contribution is -2.30. The van der Waals surface area contributed by atoms with Crippen LogP contribution in [0.25, 0.3) is 0 Å². The zero-order valence-electron chi connectivity index (χ0n) is 12.5. The van der Waals surface area contributed by atoms with Gasteiger partial charge >= 0.3 is 0 Å². The largest absolute Gasteiger partial charge is 0.335 e. The molecule has 0 aliphatic heterocycles. The number of aromatic nitrogens is 4. The third kappa shape index (κ3) is 3.08. The number of nitrogens with one attached hydrogen (secondary N) is 1.